The molecule has 0 bridgehead atoms. The Hall–Kier alpha value is -4.39. The Balaban J connectivity index is 1.48. The van der Waals surface area contributed by atoms with Gasteiger partial charge in [0.25, 0.3) is 11.8 Å². The monoisotopic (exact) mass is 426 g/mol. The number of nitrogens with zero attached hydrogens (tertiary/aromatic N) is 1. The van der Waals surface area contributed by atoms with Crippen molar-refractivity contribution in [3.8, 4) is 11.5 Å². The van der Waals surface area contributed by atoms with Crippen LogP contribution in [0.4, 0.5) is 11.4 Å². The highest BCUT2D eigenvalue weighted by atomic mass is 16.5. The molecule has 0 saturated heterocycles. The van der Waals surface area contributed by atoms with Crippen LogP contribution >= 0.6 is 0 Å². The molecule has 1 aromatic heterocycles. The summed E-state index contributed by atoms with van der Waals surface area (Å²) >= 11 is 0. The van der Waals surface area contributed by atoms with Gasteiger partial charge in [-0.05, 0) is 55.0 Å². The zero-order valence-electron chi connectivity index (χ0n) is 17.3. The van der Waals surface area contributed by atoms with E-state index in [2.05, 4.69) is 5.32 Å². The van der Waals surface area contributed by atoms with Gasteiger partial charge < -0.3 is 19.4 Å². The fraction of sp³-hybridized carbons (Fsp3) is 0.0800. The predicted molar refractivity (Wildman–Crippen MR) is 121 cm³/mol. The third-order valence-corrected chi connectivity index (χ3v) is 5.35. The average molecular weight is 426 g/mol. The number of hydrogen-bond acceptors (Lipinski definition) is 5. The molecule has 1 aliphatic heterocycles. The summed E-state index contributed by atoms with van der Waals surface area (Å²) in [6, 6.07) is 18.8. The minimum absolute atomic E-state index is 0.124. The number of hydrogen-bond donors (Lipinski definition) is 1. The van der Waals surface area contributed by atoms with Gasteiger partial charge in [-0.1, -0.05) is 24.3 Å². The molecule has 0 fully saturated rings. The van der Waals surface area contributed by atoms with Gasteiger partial charge in [0.1, 0.15) is 16.9 Å². The van der Waals surface area contributed by atoms with Gasteiger partial charge in [-0.3, -0.25) is 9.59 Å². The number of benzene rings is 3. The molecule has 7 heteroatoms. The van der Waals surface area contributed by atoms with Gasteiger partial charge in [0.05, 0.1) is 11.3 Å². The van der Waals surface area contributed by atoms with E-state index in [9.17, 15) is 14.4 Å². The number of anilines is 2. The lowest BCUT2D eigenvalue weighted by molar-refractivity contribution is 0.0989. The molecule has 5 rings (SSSR count). The molecule has 32 heavy (non-hydrogen) atoms. The first kappa shape index (κ1) is 19.6. The van der Waals surface area contributed by atoms with Crippen molar-refractivity contribution in [3.05, 3.63) is 93.8 Å². The molecule has 0 radical (unpaired) electrons. The van der Waals surface area contributed by atoms with Crippen molar-refractivity contribution in [2.24, 2.45) is 0 Å². The second-order valence-corrected chi connectivity index (χ2v) is 7.59. The zero-order valence-corrected chi connectivity index (χ0v) is 17.3. The molecule has 0 aliphatic carbocycles. The van der Waals surface area contributed by atoms with Gasteiger partial charge in [0.15, 0.2) is 5.75 Å². The first-order valence-corrected chi connectivity index (χ1v) is 9.95. The SMILES string of the molecule is Cc1ccc2c(c1)N(C)C(=O)c1cc(NC(=O)c3cc4ccccc4oc3=O)ccc1O2. The van der Waals surface area contributed by atoms with E-state index in [0.29, 0.717) is 39.4 Å². The highest BCUT2D eigenvalue weighted by Crippen LogP contribution is 2.39. The quantitative estimate of drug-likeness (QED) is 0.468. The van der Waals surface area contributed by atoms with Crippen LogP contribution in [0.2, 0.25) is 0 Å². The third kappa shape index (κ3) is 3.30. The lowest BCUT2D eigenvalue weighted by Gasteiger charge is -2.16. The van der Waals surface area contributed by atoms with E-state index in [0.717, 1.165) is 5.56 Å². The smallest absolute Gasteiger partial charge is 0.349 e. The van der Waals surface area contributed by atoms with Crippen LogP contribution in [-0.4, -0.2) is 18.9 Å². The van der Waals surface area contributed by atoms with Gasteiger partial charge in [-0.25, -0.2) is 4.79 Å². The summed E-state index contributed by atoms with van der Waals surface area (Å²) in [6.45, 7) is 1.94. The van der Waals surface area contributed by atoms with E-state index in [1.807, 2.05) is 25.1 Å². The van der Waals surface area contributed by atoms with E-state index in [-0.39, 0.29) is 11.5 Å². The van der Waals surface area contributed by atoms with Crippen LogP contribution in [0.5, 0.6) is 11.5 Å². The second kappa shape index (κ2) is 7.39. The standard InChI is InChI=1S/C25H18N2O5/c1-14-7-9-22-19(11-14)27(2)24(29)17-13-16(8-10-21(17)31-22)26-23(28)18-12-15-5-3-4-6-20(15)32-25(18)30/h3-13H,1-2H3,(H,26,28). The van der Waals surface area contributed by atoms with Crippen LogP contribution in [0, 0.1) is 6.92 Å². The highest BCUT2D eigenvalue weighted by Gasteiger charge is 2.26. The number of aryl methyl sites for hydroxylation is 1. The molecular formula is C25H18N2O5. The number of para-hydroxylation sites is 1. The van der Waals surface area contributed by atoms with Crippen LogP contribution in [-0.2, 0) is 0 Å². The number of ether oxygens (including phenoxy) is 1. The summed E-state index contributed by atoms with van der Waals surface area (Å²) in [5.74, 6) is 0.0489. The molecular weight excluding hydrogens is 408 g/mol. The molecule has 2 heterocycles. The normalized spacial score (nSPS) is 12.6. The molecule has 4 aromatic rings. The van der Waals surface area contributed by atoms with Gasteiger partial charge in [0.2, 0.25) is 0 Å². The molecule has 2 amide bonds. The summed E-state index contributed by atoms with van der Waals surface area (Å²) < 4.78 is 11.2. The first-order chi connectivity index (χ1) is 15.4. The van der Waals surface area contributed by atoms with E-state index >= 15 is 0 Å². The van der Waals surface area contributed by atoms with Crippen molar-refractivity contribution in [2.45, 2.75) is 6.92 Å². The zero-order chi connectivity index (χ0) is 22.4. The molecule has 0 unspecified atom stereocenters. The Morgan fingerprint density at radius 3 is 2.56 bits per heavy atom. The van der Waals surface area contributed by atoms with Crippen molar-refractivity contribution in [1.82, 2.24) is 0 Å². The van der Waals surface area contributed by atoms with Gasteiger partial charge in [-0.15, -0.1) is 0 Å². The Kier molecular flexibility index (Phi) is 4.52. The highest BCUT2D eigenvalue weighted by molar-refractivity contribution is 6.11. The van der Waals surface area contributed by atoms with E-state index in [1.54, 1.807) is 43.4 Å². The first-order valence-electron chi connectivity index (χ1n) is 9.95. The summed E-state index contributed by atoms with van der Waals surface area (Å²) in [6.07, 6.45) is 0. The maximum Gasteiger partial charge on any atom is 0.349 e. The number of nitrogens with one attached hydrogen (secondary N) is 1. The Morgan fingerprint density at radius 2 is 1.72 bits per heavy atom. The number of rotatable bonds is 2. The molecule has 0 spiro atoms. The van der Waals surface area contributed by atoms with Gasteiger partial charge in [-0.2, -0.15) is 0 Å². The maximum atomic E-state index is 13.1. The topological polar surface area (TPSA) is 88.9 Å². The third-order valence-electron chi connectivity index (χ3n) is 5.35. The summed E-state index contributed by atoms with van der Waals surface area (Å²) in [4.78, 5) is 39.7. The minimum Gasteiger partial charge on any atom is -0.454 e. The lowest BCUT2D eigenvalue weighted by Crippen LogP contribution is -2.25. The Labute approximate surface area is 182 Å². The minimum atomic E-state index is -0.735. The van der Waals surface area contributed by atoms with Crippen LogP contribution in [0.1, 0.15) is 26.3 Å². The van der Waals surface area contributed by atoms with Crippen molar-refractivity contribution >= 4 is 34.2 Å². The molecule has 1 N–H and O–H groups in total. The van der Waals surface area contributed by atoms with Crippen LogP contribution in [0.15, 0.2) is 75.9 Å². The Morgan fingerprint density at radius 1 is 0.938 bits per heavy atom. The average Bonchev–Trinajstić information content (AvgIpc) is 2.88. The summed E-state index contributed by atoms with van der Waals surface area (Å²) in [5.41, 5.74) is 1.85. The molecule has 7 nitrogen and oxygen atoms in total. The van der Waals surface area contributed by atoms with Crippen molar-refractivity contribution in [2.75, 3.05) is 17.3 Å². The van der Waals surface area contributed by atoms with E-state index in [1.165, 1.54) is 17.0 Å². The van der Waals surface area contributed by atoms with E-state index < -0.39 is 11.5 Å². The predicted octanol–water partition coefficient (Wildman–Crippen LogP) is 4.74. The molecule has 158 valence electrons. The molecule has 1 aliphatic rings. The fourth-order valence-electron chi connectivity index (χ4n) is 3.67. The molecule has 3 aromatic carbocycles. The number of fused-ring (bicyclic) bond motifs is 3. The Bertz CT molecular complexity index is 1470. The largest absolute Gasteiger partial charge is 0.454 e. The van der Waals surface area contributed by atoms with Crippen molar-refractivity contribution in [3.63, 3.8) is 0 Å². The molecule has 0 atom stereocenters. The number of carbonyl (C=O) groups excluding carboxylic acids is 2. The fourth-order valence-corrected chi connectivity index (χ4v) is 3.67. The van der Waals surface area contributed by atoms with Crippen molar-refractivity contribution < 1.29 is 18.7 Å². The van der Waals surface area contributed by atoms with Gasteiger partial charge >= 0.3 is 5.63 Å². The van der Waals surface area contributed by atoms with Crippen LogP contribution in [0.25, 0.3) is 11.0 Å². The second-order valence-electron chi connectivity index (χ2n) is 7.59. The maximum absolute atomic E-state index is 13.1. The van der Waals surface area contributed by atoms with Crippen LogP contribution < -0.4 is 20.6 Å². The summed E-state index contributed by atoms with van der Waals surface area (Å²) in [5, 5.41) is 3.31. The lowest BCUT2D eigenvalue weighted by atomic mass is 10.1. The number of amides is 2. The number of carbonyl (C=O) groups is 2. The van der Waals surface area contributed by atoms with Crippen molar-refractivity contribution in [1.29, 1.82) is 0 Å². The summed E-state index contributed by atoms with van der Waals surface area (Å²) in [7, 11) is 1.67. The molecule has 0 saturated carbocycles. The van der Waals surface area contributed by atoms with Gasteiger partial charge in [0, 0.05) is 18.1 Å². The van der Waals surface area contributed by atoms with Crippen LogP contribution in [0.3, 0.4) is 0 Å². The van der Waals surface area contributed by atoms with E-state index in [4.69, 9.17) is 9.15 Å².